The fourth-order valence-corrected chi connectivity index (χ4v) is 3.48. The Kier molecular flexibility index (Phi) is 1.45. The molecule has 2 atom stereocenters. The van der Waals surface area contributed by atoms with Crippen LogP contribution < -0.4 is 5.32 Å². The molecule has 1 saturated carbocycles. The van der Waals surface area contributed by atoms with E-state index in [2.05, 4.69) is 41.7 Å². The average Bonchev–Trinajstić information content (AvgIpc) is 3.06. The summed E-state index contributed by atoms with van der Waals surface area (Å²) in [7, 11) is 0. The summed E-state index contributed by atoms with van der Waals surface area (Å²) in [6.45, 7) is 0. The number of hydrogen-bond acceptors (Lipinski definition) is 2. The zero-order valence-electron chi connectivity index (χ0n) is 8.23. The molecule has 1 heterocycles. The summed E-state index contributed by atoms with van der Waals surface area (Å²) in [5.74, 6) is 1.60. The molecule has 3 aliphatic rings. The van der Waals surface area contributed by atoms with Crippen molar-refractivity contribution in [2.45, 2.75) is 11.3 Å². The second kappa shape index (κ2) is 2.70. The smallest absolute Gasteiger partial charge is 0.0524 e. The lowest BCUT2D eigenvalue weighted by molar-refractivity contribution is 0.906. The summed E-state index contributed by atoms with van der Waals surface area (Å²) < 4.78 is 0. The lowest BCUT2D eigenvalue weighted by Crippen LogP contribution is -2.11. The van der Waals surface area contributed by atoms with Crippen LogP contribution in [0.1, 0.15) is 6.42 Å². The molecule has 0 saturated heterocycles. The topological polar surface area (TPSA) is 12.0 Å². The fourth-order valence-electron chi connectivity index (χ4n) is 2.41. The highest BCUT2D eigenvalue weighted by atomic mass is 32.2. The van der Waals surface area contributed by atoms with Crippen LogP contribution in [0.3, 0.4) is 0 Å². The molecule has 2 aliphatic carbocycles. The molecule has 15 heavy (non-hydrogen) atoms. The Morgan fingerprint density at radius 2 is 2.20 bits per heavy atom. The number of rotatable bonds is 0. The van der Waals surface area contributed by atoms with Gasteiger partial charge < -0.3 is 5.32 Å². The highest BCUT2D eigenvalue weighted by Gasteiger charge is 2.42. The first-order valence-corrected chi connectivity index (χ1v) is 6.20. The normalized spacial score (nSPS) is 30.1. The molecule has 2 unspecified atom stereocenters. The average molecular weight is 213 g/mol. The van der Waals surface area contributed by atoms with Gasteiger partial charge in [-0.15, -0.1) is 0 Å². The molecule has 0 amide bonds. The van der Waals surface area contributed by atoms with Crippen LogP contribution in [-0.2, 0) is 0 Å². The number of nitrogens with one attached hydrogen (secondary N) is 1. The van der Waals surface area contributed by atoms with Crippen molar-refractivity contribution < 1.29 is 0 Å². The Labute approximate surface area is 93.3 Å². The molecule has 1 fully saturated rings. The van der Waals surface area contributed by atoms with E-state index in [0.29, 0.717) is 0 Å². The molecule has 1 N–H and O–H groups in total. The van der Waals surface area contributed by atoms with Gasteiger partial charge in [-0.1, -0.05) is 36.0 Å². The molecule has 1 aromatic rings. The van der Waals surface area contributed by atoms with Crippen LogP contribution in [-0.4, -0.2) is 0 Å². The standard InChI is InChI=1S/C13H11NS/c1-2-4-11-10(3-1)14-13-9-7-8(9)5-6-12(13)15-11/h1-6,8-9,14H,7H2. The molecule has 0 spiro atoms. The molecule has 2 heteroatoms. The molecule has 0 bridgehead atoms. The lowest BCUT2D eigenvalue weighted by atomic mass is 10.1. The Hall–Kier alpha value is -1.15. The van der Waals surface area contributed by atoms with Gasteiger partial charge in [0, 0.05) is 21.4 Å². The minimum Gasteiger partial charge on any atom is -0.357 e. The maximum absolute atomic E-state index is 3.60. The first-order valence-electron chi connectivity index (χ1n) is 5.38. The maximum Gasteiger partial charge on any atom is 0.0524 e. The fraction of sp³-hybridized carbons (Fsp3) is 0.231. The van der Waals surface area contributed by atoms with Crippen LogP contribution in [0.15, 0.2) is 51.9 Å². The van der Waals surface area contributed by atoms with Gasteiger partial charge in [-0.05, 0) is 24.5 Å². The first-order chi connectivity index (χ1) is 7.42. The Balaban J connectivity index is 1.82. The molecule has 4 rings (SSSR count). The van der Waals surface area contributed by atoms with Gasteiger partial charge in [0.1, 0.15) is 0 Å². The predicted molar refractivity (Wildman–Crippen MR) is 63.7 cm³/mol. The molecule has 1 nitrogen and oxygen atoms in total. The van der Waals surface area contributed by atoms with Gasteiger partial charge in [-0.2, -0.15) is 0 Å². The highest BCUT2D eigenvalue weighted by molar-refractivity contribution is 8.03. The molecule has 1 aromatic carbocycles. The SMILES string of the molecule is C1=CC2CC2C2=C1Sc1ccccc1N2. The van der Waals surface area contributed by atoms with E-state index in [0.717, 1.165) is 11.8 Å². The van der Waals surface area contributed by atoms with Gasteiger partial charge >= 0.3 is 0 Å². The summed E-state index contributed by atoms with van der Waals surface area (Å²) >= 11 is 1.90. The van der Waals surface area contributed by atoms with Crippen molar-refractivity contribution in [2.75, 3.05) is 5.32 Å². The number of fused-ring (bicyclic) bond motifs is 3. The van der Waals surface area contributed by atoms with Crippen LogP contribution >= 0.6 is 11.8 Å². The van der Waals surface area contributed by atoms with Crippen molar-refractivity contribution in [1.82, 2.24) is 0 Å². The highest BCUT2D eigenvalue weighted by Crippen LogP contribution is 2.54. The van der Waals surface area contributed by atoms with Gasteiger partial charge in [-0.25, -0.2) is 0 Å². The van der Waals surface area contributed by atoms with Crippen molar-refractivity contribution in [3.8, 4) is 0 Å². The van der Waals surface area contributed by atoms with Gasteiger partial charge in [0.15, 0.2) is 0 Å². The minimum absolute atomic E-state index is 0.783. The molecular weight excluding hydrogens is 202 g/mol. The number of para-hydroxylation sites is 1. The second-order valence-electron chi connectivity index (χ2n) is 4.37. The number of anilines is 1. The third kappa shape index (κ3) is 1.11. The van der Waals surface area contributed by atoms with E-state index >= 15 is 0 Å². The monoisotopic (exact) mass is 213 g/mol. The summed E-state index contributed by atoms with van der Waals surface area (Å²) in [5.41, 5.74) is 2.74. The van der Waals surface area contributed by atoms with Gasteiger partial charge in [-0.3, -0.25) is 0 Å². The van der Waals surface area contributed by atoms with Crippen molar-refractivity contribution in [1.29, 1.82) is 0 Å². The predicted octanol–water partition coefficient (Wildman–Crippen LogP) is 3.62. The second-order valence-corrected chi connectivity index (χ2v) is 5.45. The summed E-state index contributed by atoms with van der Waals surface area (Å²) in [4.78, 5) is 2.77. The van der Waals surface area contributed by atoms with Crippen molar-refractivity contribution in [3.63, 3.8) is 0 Å². The van der Waals surface area contributed by atoms with E-state index in [1.165, 1.54) is 27.6 Å². The molecule has 1 aliphatic heterocycles. The Bertz CT molecular complexity index is 501. The molecular formula is C13H11NS. The number of benzene rings is 1. The van der Waals surface area contributed by atoms with E-state index in [-0.39, 0.29) is 0 Å². The minimum atomic E-state index is 0.783. The summed E-state index contributed by atoms with van der Waals surface area (Å²) in [6, 6.07) is 8.55. The number of hydrogen-bond donors (Lipinski definition) is 1. The molecule has 74 valence electrons. The van der Waals surface area contributed by atoms with Crippen molar-refractivity contribution in [2.24, 2.45) is 11.8 Å². The Morgan fingerprint density at radius 3 is 3.20 bits per heavy atom. The third-order valence-electron chi connectivity index (χ3n) is 3.35. The van der Waals surface area contributed by atoms with Crippen LogP contribution in [0.25, 0.3) is 0 Å². The van der Waals surface area contributed by atoms with Crippen molar-refractivity contribution >= 4 is 17.4 Å². The number of thioether (sulfide) groups is 1. The van der Waals surface area contributed by atoms with E-state index in [4.69, 9.17) is 0 Å². The van der Waals surface area contributed by atoms with E-state index < -0.39 is 0 Å². The zero-order chi connectivity index (χ0) is 9.83. The zero-order valence-corrected chi connectivity index (χ0v) is 9.05. The van der Waals surface area contributed by atoms with Crippen molar-refractivity contribution in [3.05, 3.63) is 47.0 Å². The number of allylic oxidation sites excluding steroid dienone is 3. The third-order valence-corrected chi connectivity index (χ3v) is 4.50. The summed E-state index contributed by atoms with van der Waals surface area (Å²) in [5, 5.41) is 3.60. The quantitative estimate of drug-likeness (QED) is 0.706. The van der Waals surface area contributed by atoms with E-state index in [1.807, 2.05) is 11.8 Å². The van der Waals surface area contributed by atoms with Crippen LogP contribution in [0, 0.1) is 11.8 Å². The van der Waals surface area contributed by atoms with E-state index in [1.54, 1.807) is 0 Å². The van der Waals surface area contributed by atoms with Gasteiger partial charge in [0.25, 0.3) is 0 Å². The first kappa shape index (κ1) is 8.05. The Morgan fingerprint density at radius 1 is 1.27 bits per heavy atom. The summed E-state index contributed by atoms with van der Waals surface area (Å²) in [6.07, 6.45) is 5.99. The van der Waals surface area contributed by atoms with Crippen LogP contribution in [0.5, 0.6) is 0 Å². The molecule has 0 radical (unpaired) electrons. The molecule has 0 aromatic heterocycles. The van der Waals surface area contributed by atoms with Gasteiger partial charge in [0.05, 0.1) is 5.69 Å². The van der Waals surface area contributed by atoms with Crippen LogP contribution in [0.4, 0.5) is 5.69 Å². The van der Waals surface area contributed by atoms with Gasteiger partial charge in [0.2, 0.25) is 0 Å². The van der Waals surface area contributed by atoms with E-state index in [9.17, 15) is 0 Å². The largest absolute Gasteiger partial charge is 0.357 e. The van der Waals surface area contributed by atoms with Crippen LogP contribution in [0.2, 0.25) is 0 Å². The maximum atomic E-state index is 3.60. The lowest BCUT2D eigenvalue weighted by Gasteiger charge is -2.24.